The minimum Gasteiger partial charge on any atom is -0.480 e. The van der Waals surface area contributed by atoms with E-state index in [4.69, 9.17) is 10.5 Å². The molecule has 1 aromatic heterocycles. The number of nitrogens with two attached hydrogens (primary N) is 1. The fourth-order valence-electron chi connectivity index (χ4n) is 6.87. The van der Waals surface area contributed by atoms with Crippen LogP contribution in [0, 0.1) is 0 Å². The number of carboxylic acids is 1. The first-order chi connectivity index (χ1) is 25.3. The van der Waals surface area contributed by atoms with Gasteiger partial charge in [0, 0.05) is 35.9 Å². The Labute approximate surface area is 302 Å². The molecule has 0 radical (unpaired) electrons. The number of carboxylic acid groups (broad SMARTS) is 1. The zero-order valence-electron chi connectivity index (χ0n) is 28.7. The fourth-order valence-corrected chi connectivity index (χ4v) is 6.87. The van der Waals surface area contributed by atoms with Crippen molar-refractivity contribution >= 4 is 34.8 Å². The molecule has 5 aromatic rings. The first-order valence-electron chi connectivity index (χ1n) is 17.6. The summed E-state index contributed by atoms with van der Waals surface area (Å²) in [5.74, 6) is -2.62. The molecule has 6 rings (SSSR count). The first kappa shape index (κ1) is 35.9. The fraction of sp³-hybridized carbons (Fsp3) is 0.268. The Hall–Kier alpha value is -5.94. The van der Waals surface area contributed by atoms with Crippen LogP contribution in [0.4, 0.5) is 4.79 Å². The number of benzene rings is 4. The average molecular weight is 702 g/mol. The summed E-state index contributed by atoms with van der Waals surface area (Å²) in [4.78, 5) is 56.6. The van der Waals surface area contributed by atoms with Crippen molar-refractivity contribution in [2.75, 3.05) is 13.2 Å². The SMILES string of the molecule is NCCCC[C@H](NC(=O)[C@H](Cc1c[nH]c2ccccc12)NC(=O)[C@H](Cc1ccccc1)NC(=O)OCC1c2ccccc2-c2ccccc21)C(=O)O. The number of amides is 3. The quantitative estimate of drug-likeness (QED) is 0.0781. The highest BCUT2D eigenvalue weighted by Crippen LogP contribution is 2.44. The number of aromatic nitrogens is 1. The Morgan fingerprint density at radius 1 is 0.712 bits per heavy atom. The lowest BCUT2D eigenvalue weighted by atomic mass is 9.98. The summed E-state index contributed by atoms with van der Waals surface area (Å²) in [6.07, 6.45) is 2.49. The predicted molar refractivity (Wildman–Crippen MR) is 199 cm³/mol. The van der Waals surface area contributed by atoms with Gasteiger partial charge in [0.2, 0.25) is 11.8 Å². The third kappa shape index (κ3) is 8.50. The highest BCUT2D eigenvalue weighted by Gasteiger charge is 2.32. The van der Waals surface area contributed by atoms with Gasteiger partial charge in [0.25, 0.3) is 0 Å². The van der Waals surface area contributed by atoms with Crippen molar-refractivity contribution in [2.45, 2.75) is 56.1 Å². The second-order valence-electron chi connectivity index (χ2n) is 13.0. The monoisotopic (exact) mass is 701 g/mol. The van der Waals surface area contributed by atoms with E-state index in [-0.39, 0.29) is 31.8 Å². The summed E-state index contributed by atoms with van der Waals surface area (Å²) in [6.45, 7) is 0.463. The molecule has 0 fully saturated rings. The molecule has 11 nitrogen and oxygen atoms in total. The maximum absolute atomic E-state index is 14.1. The number of para-hydroxylation sites is 1. The van der Waals surface area contributed by atoms with E-state index in [2.05, 4.69) is 33.1 Å². The van der Waals surface area contributed by atoms with E-state index in [0.29, 0.717) is 19.4 Å². The zero-order chi connectivity index (χ0) is 36.5. The lowest BCUT2D eigenvalue weighted by molar-refractivity contribution is -0.142. The standard InChI is InChI=1S/C41H43N5O6/c42-21-11-10-20-35(40(49)50)44-39(48)37(23-27-24-43-34-19-9-8-14-28(27)34)45-38(47)36(22-26-12-2-1-3-13-26)46-41(51)52-25-33-31-17-6-4-15-29(31)30-16-5-7-18-32(30)33/h1-9,12-19,24,33,35-37,43H,10-11,20-23,25,42H2,(H,44,48)(H,45,47)(H,46,51)(H,49,50)/t35-,36-,37-/m0/s1. The number of fused-ring (bicyclic) bond motifs is 4. The van der Waals surface area contributed by atoms with Gasteiger partial charge in [0.15, 0.2) is 0 Å². The maximum Gasteiger partial charge on any atom is 0.407 e. The van der Waals surface area contributed by atoms with Gasteiger partial charge >= 0.3 is 12.1 Å². The normalized spacial score (nSPS) is 13.7. The van der Waals surface area contributed by atoms with Gasteiger partial charge in [-0.05, 0) is 65.3 Å². The van der Waals surface area contributed by atoms with Crippen LogP contribution in [-0.2, 0) is 32.0 Å². The van der Waals surface area contributed by atoms with E-state index in [1.54, 1.807) is 6.20 Å². The average Bonchev–Trinajstić information content (AvgIpc) is 3.72. The van der Waals surface area contributed by atoms with Crippen LogP contribution in [0.5, 0.6) is 0 Å². The number of carbonyl (C=O) groups is 4. The summed E-state index contributed by atoms with van der Waals surface area (Å²) in [5.41, 5.74) is 12.3. The number of aliphatic carboxylic acids is 1. The van der Waals surface area contributed by atoms with E-state index in [1.165, 1.54) is 0 Å². The minimum atomic E-state index is -1.18. The number of carbonyl (C=O) groups excluding carboxylic acids is 3. The van der Waals surface area contributed by atoms with Crippen LogP contribution in [0.25, 0.3) is 22.0 Å². The molecule has 1 aliphatic rings. The smallest absolute Gasteiger partial charge is 0.407 e. The van der Waals surface area contributed by atoms with Gasteiger partial charge in [0.05, 0.1) is 0 Å². The van der Waals surface area contributed by atoms with Gasteiger partial charge in [-0.1, -0.05) is 97.1 Å². The van der Waals surface area contributed by atoms with Crippen LogP contribution < -0.4 is 21.7 Å². The van der Waals surface area contributed by atoms with Crippen LogP contribution in [0.15, 0.2) is 109 Å². The lowest BCUT2D eigenvalue weighted by Gasteiger charge is -2.25. The Bertz CT molecular complexity index is 1980. The Kier molecular flexibility index (Phi) is 11.6. The van der Waals surface area contributed by atoms with Gasteiger partial charge in [0.1, 0.15) is 24.7 Å². The molecule has 1 heterocycles. The number of ether oxygens (including phenoxy) is 1. The third-order valence-electron chi connectivity index (χ3n) is 9.53. The van der Waals surface area contributed by atoms with Crippen molar-refractivity contribution in [3.63, 3.8) is 0 Å². The second-order valence-corrected chi connectivity index (χ2v) is 13.0. The molecule has 0 spiro atoms. The van der Waals surface area contributed by atoms with Gasteiger partial charge in [-0.2, -0.15) is 0 Å². The molecule has 0 unspecified atom stereocenters. The number of nitrogens with one attached hydrogen (secondary N) is 4. The predicted octanol–water partition coefficient (Wildman–Crippen LogP) is 5.04. The third-order valence-corrected chi connectivity index (χ3v) is 9.53. The van der Waals surface area contributed by atoms with E-state index in [0.717, 1.165) is 44.3 Å². The molecule has 4 aromatic carbocycles. The number of rotatable bonds is 16. The van der Waals surface area contributed by atoms with E-state index in [9.17, 15) is 24.3 Å². The number of alkyl carbamates (subject to hydrolysis) is 1. The zero-order valence-corrected chi connectivity index (χ0v) is 28.7. The van der Waals surface area contributed by atoms with Crippen molar-refractivity contribution in [2.24, 2.45) is 5.73 Å². The molecule has 11 heteroatoms. The number of hydrogen-bond acceptors (Lipinski definition) is 6. The molecule has 268 valence electrons. The Morgan fingerprint density at radius 3 is 1.98 bits per heavy atom. The summed E-state index contributed by atoms with van der Waals surface area (Å²) in [5, 5.41) is 18.9. The van der Waals surface area contributed by atoms with Gasteiger partial charge in [-0.15, -0.1) is 0 Å². The summed E-state index contributed by atoms with van der Waals surface area (Å²) in [6, 6.07) is 29.4. The molecule has 1 aliphatic carbocycles. The number of H-pyrrole nitrogens is 1. The minimum absolute atomic E-state index is 0.0614. The van der Waals surface area contributed by atoms with Crippen molar-refractivity contribution in [3.05, 3.63) is 132 Å². The molecular formula is C41H43N5O6. The van der Waals surface area contributed by atoms with Crippen LogP contribution in [-0.4, -0.2) is 65.2 Å². The molecule has 0 bridgehead atoms. The van der Waals surface area contributed by atoms with Crippen LogP contribution >= 0.6 is 0 Å². The summed E-state index contributed by atoms with van der Waals surface area (Å²) in [7, 11) is 0. The largest absolute Gasteiger partial charge is 0.480 e. The summed E-state index contributed by atoms with van der Waals surface area (Å²) < 4.78 is 5.78. The van der Waals surface area contributed by atoms with Crippen molar-refractivity contribution in [1.82, 2.24) is 20.9 Å². The Morgan fingerprint density at radius 2 is 1.31 bits per heavy atom. The molecule has 3 atom stereocenters. The number of hydrogen-bond donors (Lipinski definition) is 6. The van der Waals surface area contributed by atoms with Crippen LogP contribution in [0.3, 0.4) is 0 Å². The van der Waals surface area contributed by atoms with Gasteiger partial charge < -0.3 is 36.5 Å². The number of aromatic amines is 1. The van der Waals surface area contributed by atoms with E-state index < -0.39 is 42.0 Å². The first-order valence-corrected chi connectivity index (χ1v) is 17.6. The highest BCUT2D eigenvalue weighted by molar-refractivity contribution is 5.94. The molecule has 0 saturated carbocycles. The van der Waals surface area contributed by atoms with E-state index in [1.807, 2.05) is 91.0 Å². The summed E-state index contributed by atoms with van der Waals surface area (Å²) >= 11 is 0. The highest BCUT2D eigenvalue weighted by atomic mass is 16.5. The van der Waals surface area contributed by atoms with Crippen molar-refractivity contribution in [1.29, 1.82) is 0 Å². The maximum atomic E-state index is 14.1. The van der Waals surface area contributed by atoms with Gasteiger partial charge in [-0.3, -0.25) is 9.59 Å². The lowest BCUT2D eigenvalue weighted by Crippen LogP contribution is -2.57. The molecule has 3 amide bonds. The molecule has 7 N–H and O–H groups in total. The molecule has 52 heavy (non-hydrogen) atoms. The molecule has 0 saturated heterocycles. The van der Waals surface area contributed by atoms with Crippen molar-refractivity contribution < 1.29 is 29.0 Å². The molecule has 0 aliphatic heterocycles. The number of unbranched alkanes of at least 4 members (excludes halogenated alkanes) is 1. The van der Waals surface area contributed by atoms with Crippen LogP contribution in [0.2, 0.25) is 0 Å². The van der Waals surface area contributed by atoms with Crippen LogP contribution in [0.1, 0.15) is 47.4 Å². The van der Waals surface area contributed by atoms with Crippen molar-refractivity contribution in [3.8, 4) is 11.1 Å². The second kappa shape index (κ2) is 16.8. The molecular weight excluding hydrogens is 658 g/mol. The Balaban J connectivity index is 1.21. The topological polar surface area (TPSA) is 176 Å². The van der Waals surface area contributed by atoms with E-state index >= 15 is 0 Å². The van der Waals surface area contributed by atoms with Gasteiger partial charge in [-0.25, -0.2) is 9.59 Å².